The molecule has 0 bridgehead atoms. The number of aromatic nitrogens is 1. The maximum atomic E-state index is 12.4. The first-order valence-corrected chi connectivity index (χ1v) is 9.30. The van der Waals surface area contributed by atoms with E-state index in [1.54, 1.807) is 16.7 Å². The van der Waals surface area contributed by atoms with Gasteiger partial charge in [-0.1, -0.05) is 13.0 Å². The smallest absolute Gasteiger partial charge is 0.214 e. The fourth-order valence-electron chi connectivity index (χ4n) is 3.22. The van der Waals surface area contributed by atoms with Gasteiger partial charge in [0.25, 0.3) is 0 Å². The van der Waals surface area contributed by atoms with Gasteiger partial charge in [-0.25, -0.2) is 8.42 Å². The van der Waals surface area contributed by atoms with E-state index >= 15 is 0 Å². The molecule has 1 aromatic rings. The first kappa shape index (κ1) is 15.9. The van der Waals surface area contributed by atoms with Gasteiger partial charge in [0.2, 0.25) is 10.0 Å². The van der Waals surface area contributed by atoms with E-state index in [9.17, 15) is 8.42 Å². The highest BCUT2D eigenvalue weighted by Gasteiger charge is 2.50. The van der Waals surface area contributed by atoms with Gasteiger partial charge in [-0.2, -0.15) is 4.31 Å². The van der Waals surface area contributed by atoms with Crippen LogP contribution in [0.25, 0.3) is 0 Å². The highest BCUT2D eigenvalue weighted by Crippen LogP contribution is 2.34. The van der Waals surface area contributed by atoms with Gasteiger partial charge in [-0.05, 0) is 18.1 Å². The summed E-state index contributed by atoms with van der Waals surface area (Å²) in [7, 11) is -3.22. The minimum Gasteiger partial charge on any atom is -0.379 e. The van der Waals surface area contributed by atoms with Crippen molar-refractivity contribution in [3.8, 4) is 0 Å². The van der Waals surface area contributed by atoms with Crippen LogP contribution in [0.4, 0.5) is 0 Å². The van der Waals surface area contributed by atoms with Crippen LogP contribution in [0.2, 0.25) is 0 Å². The average Bonchev–Trinajstić information content (AvgIpc) is 3.08. The van der Waals surface area contributed by atoms with Gasteiger partial charge < -0.3 is 9.47 Å². The SMILES string of the molecule is CCCS(=O)(=O)N1C[C@@H](OCc2cccnc2)[C@@H]2COC[C@@H]21. The topological polar surface area (TPSA) is 68.7 Å². The molecule has 0 aliphatic carbocycles. The predicted octanol–water partition coefficient (Wildman–Crippen LogP) is 1.04. The van der Waals surface area contributed by atoms with E-state index < -0.39 is 10.0 Å². The molecule has 2 saturated heterocycles. The lowest BCUT2D eigenvalue weighted by molar-refractivity contribution is 0.0126. The molecule has 0 unspecified atom stereocenters. The van der Waals surface area contributed by atoms with E-state index in [2.05, 4.69) is 4.98 Å². The fourth-order valence-corrected chi connectivity index (χ4v) is 4.97. The Bertz CT molecular complexity index is 593. The fraction of sp³-hybridized carbons (Fsp3) is 0.667. The Morgan fingerprint density at radius 3 is 3.05 bits per heavy atom. The van der Waals surface area contributed by atoms with Gasteiger partial charge in [0.15, 0.2) is 0 Å². The monoisotopic (exact) mass is 326 g/mol. The van der Waals surface area contributed by atoms with E-state index in [-0.39, 0.29) is 23.8 Å². The quantitative estimate of drug-likeness (QED) is 0.781. The van der Waals surface area contributed by atoms with Crippen LogP contribution < -0.4 is 0 Å². The lowest BCUT2D eigenvalue weighted by Gasteiger charge is -2.21. The van der Waals surface area contributed by atoms with Crippen molar-refractivity contribution in [3.63, 3.8) is 0 Å². The Kier molecular flexibility index (Phi) is 4.77. The van der Waals surface area contributed by atoms with E-state index in [0.717, 1.165) is 5.56 Å². The first-order chi connectivity index (χ1) is 10.6. The van der Waals surface area contributed by atoms with Crippen LogP contribution in [0.15, 0.2) is 24.5 Å². The lowest BCUT2D eigenvalue weighted by Crippen LogP contribution is -2.39. The van der Waals surface area contributed by atoms with Crippen LogP contribution in [-0.2, 0) is 26.1 Å². The first-order valence-electron chi connectivity index (χ1n) is 7.69. The molecule has 0 saturated carbocycles. The molecule has 0 aromatic carbocycles. The summed E-state index contributed by atoms with van der Waals surface area (Å²) in [5, 5.41) is 0. The molecule has 22 heavy (non-hydrogen) atoms. The van der Waals surface area contributed by atoms with Crippen molar-refractivity contribution in [2.24, 2.45) is 5.92 Å². The van der Waals surface area contributed by atoms with E-state index in [1.807, 2.05) is 19.1 Å². The molecule has 1 aromatic heterocycles. The molecule has 0 amide bonds. The molecular formula is C15H22N2O4S. The minimum atomic E-state index is -3.22. The maximum Gasteiger partial charge on any atom is 0.214 e. The molecule has 6 nitrogen and oxygen atoms in total. The number of hydrogen-bond donors (Lipinski definition) is 0. The van der Waals surface area contributed by atoms with Gasteiger partial charge in [0.1, 0.15) is 0 Å². The van der Waals surface area contributed by atoms with Crippen molar-refractivity contribution in [2.45, 2.75) is 32.1 Å². The third-order valence-electron chi connectivity index (χ3n) is 4.31. The largest absolute Gasteiger partial charge is 0.379 e. The standard InChI is InChI=1S/C15H22N2O4S/c1-2-6-22(18,19)17-8-15(13-10-20-11-14(13)17)21-9-12-4-3-5-16-7-12/h3-5,7,13-15H,2,6,8-11H2,1H3/t13-,14+,15-/m1/s1. The van der Waals surface area contributed by atoms with Crippen LogP contribution >= 0.6 is 0 Å². The van der Waals surface area contributed by atoms with Gasteiger partial charge in [-0.15, -0.1) is 0 Å². The molecule has 122 valence electrons. The van der Waals surface area contributed by atoms with E-state index in [1.165, 1.54) is 0 Å². The van der Waals surface area contributed by atoms with Crippen LogP contribution in [0.5, 0.6) is 0 Å². The van der Waals surface area contributed by atoms with Crippen molar-refractivity contribution < 1.29 is 17.9 Å². The molecule has 7 heteroatoms. The number of ether oxygens (including phenoxy) is 2. The van der Waals surface area contributed by atoms with Gasteiger partial charge >= 0.3 is 0 Å². The predicted molar refractivity (Wildman–Crippen MR) is 81.7 cm³/mol. The second-order valence-corrected chi connectivity index (χ2v) is 7.91. The maximum absolute atomic E-state index is 12.4. The molecule has 3 rings (SSSR count). The molecular weight excluding hydrogens is 304 g/mol. The Morgan fingerprint density at radius 1 is 1.45 bits per heavy atom. The van der Waals surface area contributed by atoms with Gasteiger partial charge in [0, 0.05) is 24.9 Å². The number of pyridine rings is 1. The normalized spacial score (nSPS) is 28.9. The third kappa shape index (κ3) is 3.17. The van der Waals surface area contributed by atoms with Crippen molar-refractivity contribution in [1.82, 2.24) is 9.29 Å². The van der Waals surface area contributed by atoms with Gasteiger partial charge in [0.05, 0.1) is 37.7 Å². The second-order valence-electron chi connectivity index (χ2n) is 5.87. The molecule has 0 N–H and O–H groups in total. The molecule has 3 heterocycles. The van der Waals surface area contributed by atoms with Crippen molar-refractivity contribution in [1.29, 1.82) is 0 Å². The number of hydrogen-bond acceptors (Lipinski definition) is 5. The molecule has 2 fully saturated rings. The summed E-state index contributed by atoms with van der Waals surface area (Å²) in [6.07, 6.45) is 4.00. The zero-order valence-electron chi connectivity index (χ0n) is 12.7. The van der Waals surface area contributed by atoms with Gasteiger partial charge in [-0.3, -0.25) is 4.98 Å². The van der Waals surface area contributed by atoms with E-state index in [4.69, 9.17) is 9.47 Å². The summed E-state index contributed by atoms with van der Waals surface area (Å²) in [5.41, 5.74) is 0.993. The summed E-state index contributed by atoms with van der Waals surface area (Å²) in [6, 6.07) is 3.75. The van der Waals surface area contributed by atoms with Crippen LogP contribution in [0.1, 0.15) is 18.9 Å². The highest BCUT2D eigenvalue weighted by molar-refractivity contribution is 7.89. The molecule has 0 spiro atoms. The Labute approximate surface area is 131 Å². The number of nitrogens with zero attached hydrogens (tertiary/aromatic N) is 2. The molecule has 2 aliphatic heterocycles. The summed E-state index contributed by atoms with van der Waals surface area (Å²) in [6.45, 7) is 3.80. The Hall–Kier alpha value is -1.02. The summed E-state index contributed by atoms with van der Waals surface area (Å²) in [5.74, 6) is 0.314. The van der Waals surface area contributed by atoms with Crippen LogP contribution in [0, 0.1) is 5.92 Å². The molecule has 2 aliphatic rings. The number of rotatable bonds is 6. The highest BCUT2D eigenvalue weighted by atomic mass is 32.2. The van der Waals surface area contributed by atoms with Crippen molar-refractivity contribution in [2.75, 3.05) is 25.5 Å². The summed E-state index contributed by atoms with van der Waals surface area (Å²) >= 11 is 0. The van der Waals surface area contributed by atoms with E-state index in [0.29, 0.717) is 32.8 Å². The van der Waals surface area contributed by atoms with Crippen LogP contribution in [-0.4, -0.2) is 55.4 Å². The lowest BCUT2D eigenvalue weighted by atomic mass is 10.0. The molecule has 0 radical (unpaired) electrons. The zero-order valence-corrected chi connectivity index (χ0v) is 13.5. The zero-order chi connectivity index (χ0) is 15.6. The average molecular weight is 326 g/mol. The Morgan fingerprint density at radius 2 is 2.32 bits per heavy atom. The summed E-state index contributed by atoms with van der Waals surface area (Å²) in [4.78, 5) is 4.06. The Balaban J connectivity index is 1.68. The second kappa shape index (κ2) is 6.62. The number of fused-ring (bicyclic) bond motifs is 1. The van der Waals surface area contributed by atoms with Crippen molar-refractivity contribution in [3.05, 3.63) is 30.1 Å². The summed E-state index contributed by atoms with van der Waals surface area (Å²) < 4.78 is 37.9. The third-order valence-corrected chi connectivity index (χ3v) is 6.37. The van der Waals surface area contributed by atoms with Crippen LogP contribution in [0.3, 0.4) is 0 Å². The minimum absolute atomic E-state index is 0.0737. The molecule has 3 atom stereocenters. The number of sulfonamides is 1. The van der Waals surface area contributed by atoms with Crippen molar-refractivity contribution >= 4 is 10.0 Å².